The van der Waals surface area contributed by atoms with Crippen molar-refractivity contribution < 1.29 is 9.59 Å². The molecular formula is C24H28N4O3. The number of nitrogens with one attached hydrogen (secondary N) is 1. The molecule has 7 nitrogen and oxygen atoms in total. The Balaban J connectivity index is 1.28. The summed E-state index contributed by atoms with van der Waals surface area (Å²) in [6, 6.07) is 8.03. The fourth-order valence-electron chi connectivity index (χ4n) is 4.75. The fourth-order valence-corrected chi connectivity index (χ4v) is 4.75. The summed E-state index contributed by atoms with van der Waals surface area (Å²) < 4.78 is 0. The lowest BCUT2D eigenvalue weighted by Crippen LogP contribution is -2.40. The number of amides is 2. The van der Waals surface area contributed by atoms with E-state index < -0.39 is 0 Å². The second-order valence-electron chi connectivity index (χ2n) is 9.15. The number of aryl methyl sites for hydroxylation is 1. The lowest BCUT2D eigenvalue weighted by atomic mass is 10.0. The van der Waals surface area contributed by atoms with Crippen LogP contribution >= 0.6 is 0 Å². The van der Waals surface area contributed by atoms with Crippen LogP contribution in [0.5, 0.6) is 0 Å². The van der Waals surface area contributed by atoms with Crippen molar-refractivity contribution >= 4 is 11.8 Å². The summed E-state index contributed by atoms with van der Waals surface area (Å²) in [4.78, 5) is 49.4. The van der Waals surface area contributed by atoms with Gasteiger partial charge in [0.15, 0.2) is 0 Å². The number of nitrogens with zero attached hydrogens (tertiary/aromatic N) is 3. The van der Waals surface area contributed by atoms with Gasteiger partial charge in [0.05, 0.1) is 18.7 Å². The molecule has 1 N–H and O–H groups in total. The molecule has 1 aromatic carbocycles. The Bertz CT molecular complexity index is 1090. The molecule has 7 heteroatoms. The van der Waals surface area contributed by atoms with Gasteiger partial charge in [-0.3, -0.25) is 14.4 Å². The first-order valence-corrected chi connectivity index (χ1v) is 11.2. The van der Waals surface area contributed by atoms with Crippen molar-refractivity contribution in [2.45, 2.75) is 51.5 Å². The summed E-state index contributed by atoms with van der Waals surface area (Å²) in [5.74, 6) is 1.15. The van der Waals surface area contributed by atoms with Crippen molar-refractivity contribution in [1.29, 1.82) is 0 Å². The smallest absolute Gasteiger partial charge is 0.254 e. The van der Waals surface area contributed by atoms with E-state index in [0.29, 0.717) is 50.4 Å². The van der Waals surface area contributed by atoms with Crippen molar-refractivity contribution in [3.05, 3.63) is 62.8 Å². The lowest BCUT2D eigenvalue weighted by Gasteiger charge is -2.28. The van der Waals surface area contributed by atoms with E-state index >= 15 is 0 Å². The van der Waals surface area contributed by atoms with E-state index in [4.69, 9.17) is 4.98 Å². The highest BCUT2D eigenvalue weighted by atomic mass is 16.2. The fraction of sp³-hybridized carbons (Fsp3) is 0.500. The molecule has 2 amide bonds. The Morgan fingerprint density at radius 3 is 2.77 bits per heavy atom. The highest BCUT2D eigenvalue weighted by Gasteiger charge is 2.36. The first kappa shape index (κ1) is 20.0. The van der Waals surface area contributed by atoms with Gasteiger partial charge in [-0.05, 0) is 38.2 Å². The van der Waals surface area contributed by atoms with Gasteiger partial charge in [0.1, 0.15) is 5.82 Å². The summed E-state index contributed by atoms with van der Waals surface area (Å²) in [6.45, 7) is 4.28. The second kappa shape index (κ2) is 7.94. The molecule has 1 atom stereocenters. The third kappa shape index (κ3) is 4.13. The average molecular weight is 421 g/mol. The number of carbonyl (C=O) groups excluding carboxylic acids is 2. The van der Waals surface area contributed by atoms with Crippen LogP contribution in [0.25, 0.3) is 0 Å². The van der Waals surface area contributed by atoms with Crippen molar-refractivity contribution in [2.75, 3.05) is 19.6 Å². The number of fused-ring (bicyclic) bond motifs is 1. The number of rotatable bonds is 4. The first-order chi connectivity index (χ1) is 15.0. The number of hydrogen-bond donors (Lipinski definition) is 1. The van der Waals surface area contributed by atoms with Gasteiger partial charge in [0.2, 0.25) is 11.8 Å². The molecule has 1 saturated carbocycles. The van der Waals surface area contributed by atoms with E-state index in [0.717, 1.165) is 36.1 Å². The van der Waals surface area contributed by atoms with Crippen LogP contribution in [0.3, 0.4) is 0 Å². The van der Waals surface area contributed by atoms with E-state index in [-0.39, 0.29) is 29.2 Å². The number of benzene rings is 1. The Hall–Kier alpha value is -2.96. The quantitative estimate of drug-likeness (QED) is 0.819. The third-order valence-electron chi connectivity index (χ3n) is 6.70. The minimum Gasteiger partial charge on any atom is -0.342 e. The second-order valence-corrected chi connectivity index (χ2v) is 9.15. The van der Waals surface area contributed by atoms with Crippen LogP contribution < -0.4 is 5.56 Å². The maximum Gasteiger partial charge on any atom is 0.254 e. The zero-order chi connectivity index (χ0) is 21.5. The molecule has 1 aliphatic carbocycles. The molecule has 2 aliphatic heterocycles. The van der Waals surface area contributed by atoms with Crippen molar-refractivity contribution in [3.8, 4) is 0 Å². The molecule has 0 unspecified atom stereocenters. The van der Waals surface area contributed by atoms with Crippen LogP contribution in [0.2, 0.25) is 0 Å². The van der Waals surface area contributed by atoms with Gasteiger partial charge >= 0.3 is 0 Å². The third-order valence-corrected chi connectivity index (χ3v) is 6.70. The molecule has 3 aliphatic rings. The van der Waals surface area contributed by atoms with E-state index in [1.165, 1.54) is 0 Å². The predicted molar refractivity (Wildman–Crippen MR) is 116 cm³/mol. The average Bonchev–Trinajstić information content (AvgIpc) is 3.48. The normalized spacial score (nSPS) is 20.6. The topological polar surface area (TPSA) is 86.4 Å². The number of likely N-dealkylation sites (tertiary alicyclic amines) is 1. The lowest BCUT2D eigenvalue weighted by molar-refractivity contribution is -0.133. The highest BCUT2D eigenvalue weighted by molar-refractivity contribution is 5.81. The van der Waals surface area contributed by atoms with Gasteiger partial charge in [-0.25, -0.2) is 4.98 Å². The molecular weight excluding hydrogens is 392 g/mol. The Labute approximate surface area is 181 Å². The molecule has 2 fully saturated rings. The van der Waals surface area contributed by atoms with Gasteiger partial charge in [-0.15, -0.1) is 0 Å². The van der Waals surface area contributed by atoms with Crippen LogP contribution in [0.15, 0.2) is 29.1 Å². The maximum atomic E-state index is 12.8. The number of H-pyrrole nitrogens is 1. The zero-order valence-corrected chi connectivity index (χ0v) is 17.9. The van der Waals surface area contributed by atoms with Crippen molar-refractivity contribution in [1.82, 2.24) is 19.8 Å². The van der Waals surface area contributed by atoms with Gasteiger partial charge < -0.3 is 14.8 Å². The van der Waals surface area contributed by atoms with Gasteiger partial charge in [-0.2, -0.15) is 0 Å². The Morgan fingerprint density at radius 1 is 1.16 bits per heavy atom. The monoisotopic (exact) mass is 420 g/mol. The van der Waals surface area contributed by atoms with E-state index in [9.17, 15) is 14.4 Å². The number of hydrogen-bond acceptors (Lipinski definition) is 4. The molecule has 0 bridgehead atoms. The summed E-state index contributed by atoms with van der Waals surface area (Å²) >= 11 is 0. The molecule has 162 valence electrons. The molecule has 0 radical (unpaired) electrons. The first-order valence-electron chi connectivity index (χ1n) is 11.2. The summed E-state index contributed by atoms with van der Waals surface area (Å²) in [5, 5.41) is 0. The number of aromatic amines is 1. The van der Waals surface area contributed by atoms with Gasteiger partial charge in [-0.1, -0.05) is 29.8 Å². The molecule has 3 heterocycles. The maximum absolute atomic E-state index is 12.8. The van der Waals surface area contributed by atoms with Crippen LogP contribution in [-0.2, 0) is 29.0 Å². The van der Waals surface area contributed by atoms with Crippen molar-refractivity contribution in [2.24, 2.45) is 5.92 Å². The van der Waals surface area contributed by atoms with E-state index in [2.05, 4.69) is 4.98 Å². The molecule has 1 aromatic heterocycles. The van der Waals surface area contributed by atoms with E-state index in [1.54, 1.807) is 0 Å². The summed E-state index contributed by atoms with van der Waals surface area (Å²) in [5.41, 5.74) is 3.50. The summed E-state index contributed by atoms with van der Waals surface area (Å²) in [7, 11) is 0. The largest absolute Gasteiger partial charge is 0.342 e. The SMILES string of the molecule is Cc1cccc(CC(=O)N2CC[C@H](c3nc4c(c(=O)[nH]3)CCN(C(=O)C3CC3)C4)C2)c1. The molecule has 0 spiro atoms. The summed E-state index contributed by atoms with van der Waals surface area (Å²) in [6.07, 6.45) is 3.68. The standard InChI is InChI=1S/C24H28N4O3/c1-15-3-2-4-16(11-15)12-21(29)27-9-7-18(13-27)22-25-20-14-28(24(31)17-5-6-17)10-8-19(20)23(30)26-22/h2-4,11,17-18H,5-10,12-14H2,1H3,(H,25,26,30)/t18-/m0/s1. The number of aromatic nitrogens is 2. The highest BCUT2D eigenvalue weighted by Crippen LogP contribution is 2.32. The van der Waals surface area contributed by atoms with Crippen LogP contribution in [0, 0.1) is 12.8 Å². The zero-order valence-electron chi connectivity index (χ0n) is 17.9. The van der Waals surface area contributed by atoms with E-state index in [1.807, 2.05) is 41.0 Å². The molecule has 2 aromatic rings. The number of carbonyl (C=O) groups is 2. The van der Waals surface area contributed by atoms with Gasteiger partial charge in [0.25, 0.3) is 5.56 Å². The minimum absolute atomic E-state index is 0.0222. The van der Waals surface area contributed by atoms with Gasteiger partial charge in [0, 0.05) is 37.0 Å². The minimum atomic E-state index is -0.0944. The molecule has 1 saturated heterocycles. The van der Waals surface area contributed by atoms with Crippen LogP contribution in [0.4, 0.5) is 0 Å². The molecule has 5 rings (SSSR count). The van der Waals surface area contributed by atoms with Crippen LogP contribution in [0.1, 0.15) is 53.4 Å². The Kier molecular flexibility index (Phi) is 5.12. The predicted octanol–water partition coefficient (Wildman–Crippen LogP) is 1.93. The van der Waals surface area contributed by atoms with Crippen molar-refractivity contribution in [3.63, 3.8) is 0 Å². The Morgan fingerprint density at radius 2 is 2.00 bits per heavy atom. The van der Waals surface area contributed by atoms with Crippen LogP contribution in [-0.4, -0.2) is 51.2 Å². The molecule has 31 heavy (non-hydrogen) atoms.